The molecule has 2 saturated heterocycles. The van der Waals surface area contributed by atoms with E-state index >= 15 is 0 Å². The van der Waals surface area contributed by atoms with Gasteiger partial charge in [-0.1, -0.05) is 6.92 Å². The van der Waals surface area contributed by atoms with Crippen molar-refractivity contribution in [3.8, 4) is 0 Å². The summed E-state index contributed by atoms with van der Waals surface area (Å²) in [4.78, 5) is 27.6. The van der Waals surface area contributed by atoms with Crippen LogP contribution in [0.15, 0.2) is 0 Å². The highest BCUT2D eigenvalue weighted by atomic mass is 16.5. The molecule has 102 valence electrons. The lowest BCUT2D eigenvalue weighted by molar-refractivity contribution is -0.141. The van der Waals surface area contributed by atoms with Gasteiger partial charge in [0.1, 0.15) is 6.10 Å². The van der Waals surface area contributed by atoms with Crippen molar-refractivity contribution in [2.24, 2.45) is 0 Å². The van der Waals surface area contributed by atoms with Crippen molar-refractivity contribution >= 4 is 11.8 Å². The van der Waals surface area contributed by atoms with E-state index in [1.807, 2.05) is 16.7 Å². The maximum atomic E-state index is 12.2. The van der Waals surface area contributed by atoms with Gasteiger partial charge in [-0.3, -0.25) is 9.59 Å². The Kier molecular flexibility index (Phi) is 4.58. The van der Waals surface area contributed by atoms with E-state index in [2.05, 4.69) is 0 Å². The van der Waals surface area contributed by atoms with E-state index in [0.717, 1.165) is 32.4 Å². The Morgan fingerprint density at radius 2 is 1.83 bits per heavy atom. The van der Waals surface area contributed by atoms with E-state index in [-0.39, 0.29) is 17.9 Å². The molecule has 0 aliphatic carbocycles. The minimum absolute atomic E-state index is 0.110. The van der Waals surface area contributed by atoms with Crippen LogP contribution in [0.4, 0.5) is 0 Å². The summed E-state index contributed by atoms with van der Waals surface area (Å²) in [6.07, 6.45) is 2.99. The smallest absolute Gasteiger partial charge is 0.251 e. The van der Waals surface area contributed by atoms with Gasteiger partial charge in [-0.15, -0.1) is 0 Å². The van der Waals surface area contributed by atoms with Crippen LogP contribution in [-0.4, -0.2) is 60.5 Å². The molecule has 0 saturated carbocycles. The van der Waals surface area contributed by atoms with Crippen molar-refractivity contribution < 1.29 is 14.3 Å². The second-order valence-electron chi connectivity index (χ2n) is 4.91. The minimum atomic E-state index is -0.238. The average Bonchev–Trinajstić information content (AvgIpc) is 2.81. The van der Waals surface area contributed by atoms with Gasteiger partial charge in [0, 0.05) is 39.2 Å². The molecule has 18 heavy (non-hydrogen) atoms. The molecular weight excluding hydrogens is 232 g/mol. The zero-order chi connectivity index (χ0) is 13.0. The maximum Gasteiger partial charge on any atom is 0.251 e. The maximum absolute atomic E-state index is 12.2. The van der Waals surface area contributed by atoms with E-state index in [1.54, 1.807) is 0 Å². The van der Waals surface area contributed by atoms with E-state index in [0.29, 0.717) is 26.1 Å². The van der Waals surface area contributed by atoms with Crippen LogP contribution in [0.2, 0.25) is 0 Å². The van der Waals surface area contributed by atoms with Crippen molar-refractivity contribution in [2.75, 3.05) is 32.8 Å². The van der Waals surface area contributed by atoms with Gasteiger partial charge < -0.3 is 14.5 Å². The Balaban J connectivity index is 1.88. The third-order valence-corrected chi connectivity index (χ3v) is 3.67. The molecule has 0 aromatic carbocycles. The largest absolute Gasteiger partial charge is 0.368 e. The lowest BCUT2D eigenvalue weighted by Crippen LogP contribution is -2.41. The van der Waals surface area contributed by atoms with Crippen LogP contribution in [0.1, 0.15) is 32.6 Å². The van der Waals surface area contributed by atoms with Crippen LogP contribution in [-0.2, 0) is 14.3 Å². The molecule has 0 aromatic rings. The van der Waals surface area contributed by atoms with Gasteiger partial charge in [-0.2, -0.15) is 0 Å². The average molecular weight is 254 g/mol. The number of ether oxygens (including phenoxy) is 1. The van der Waals surface area contributed by atoms with Crippen LogP contribution in [0.5, 0.6) is 0 Å². The minimum Gasteiger partial charge on any atom is -0.368 e. The monoisotopic (exact) mass is 254 g/mol. The van der Waals surface area contributed by atoms with Crippen LogP contribution in [0.3, 0.4) is 0 Å². The van der Waals surface area contributed by atoms with Gasteiger partial charge >= 0.3 is 0 Å². The summed E-state index contributed by atoms with van der Waals surface area (Å²) in [5.41, 5.74) is 0. The summed E-state index contributed by atoms with van der Waals surface area (Å²) in [6, 6.07) is 0. The predicted octanol–water partition coefficient (Wildman–Crippen LogP) is 0.636. The Bertz CT molecular complexity index is 313. The second kappa shape index (κ2) is 6.18. The Hall–Kier alpha value is -1.10. The van der Waals surface area contributed by atoms with E-state index in [4.69, 9.17) is 4.74 Å². The van der Waals surface area contributed by atoms with Gasteiger partial charge in [0.25, 0.3) is 5.91 Å². The number of amides is 2. The van der Waals surface area contributed by atoms with E-state index < -0.39 is 0 Å². The summed E-state index contributed by atoms with van der Waals surface area (Å²) < 4.78 is 5.43. The topological polar surface area (TPSA) is 49.9 Å². The Morgan fingerprint density at radius 3 is 2.50 bits per heavy atom. The molecule has 0 aromatic heterocycles. The van der Waals surface area contributed by atoms with Crippen LogP contribution in [0.25, 0.3) is 0 Å². The Labute approximate surface area is 108 Å². The molecule has 0 spiro atoms. The van der Waals surface area contributed by atoms with Gasteiger partial charge in [0.05, 0.1) is 0 Å². The molecule has 5 nitrogen and oxygen atoms in total. The lowest BCUT2D eigenvalue weighted by atomic mass is 10.2. The van der Waals surface area contributed by atoms with Crippen molar-refractivity contribution in [1.29, 1.82) is 0 Å². The third kappa shape index (κ3) is 3.02. The second-order valence-corrected chi connectivity index (χ2v) is 4.91. The number of hydrogen-bond donors (Lipinski definition) is 0. The standard InChI is InChI=1S/C13H22N2O3/c1-2-12(16)14-6-4-7-15(9-8-14)13(17)11-5-3-10-18-11/h11H,2-10H2,1H3. The van der Waals surface area contributed by atoms with Gasteiger partial charge in [0.15, 0.2) is 0 Å². The highest BCUT2D eigenvalue weighted by molar-refractivity contribution is 5.81. The first-order valence-electron chi connectivity index (χ1n) is 6.90. The molecule has 2 heterocycles. The zero-order valence-electron chi connectivity index (χ0n) is 11.1. The highest BCUT2D eigenvalue weighted by Crippen LogP contribution is 2.16. The zero-order valence-corrected chi connectivity index (χ0v) is 11.1. The summed E-state index contributed by atoms with van der Waals surface area (Å²) >= 11 is 0. The number of hydrogen-bond acceptors (Lipinski definition) is 3. The van der Waals surface area contributed by atoms with Gasteiger partial charge in [0.2, 0.25) is 5.91 Å². The molecule has 5 heteroatoms. The number of rotatable bonds is 2. The van der Waals surface area contributed by atoms with E-state index in [9.17, 15) is 9.59 Å². The fraction of sp³-hybridized carbons (Fsp3) is 0.846. The summed E-state index contributed by atoms with van der Waals surface area (Å²) in [5.74, 6) is 0.291. The van der Waals surface area contributed by atoms with Gasteiger partial charge in [-0.05, 0) is 19.3 Å². The summed E-state index contributed by atoms with van der Waals surface area (Å²) in [7, 11) is 0. The molecule has 1 unspecified atom stereocenters. The molecule has 2 aliphatic heterocycles. The normalized spacial score (nSPS) is 25.1. The molecule has 0 bridgehead atoms. The molecule has 2 aliphatic rings. The van der Waals surface area contributed by atoms with Crippen molar-refractivity contribution in [3.63, 3.8) is 0 Å². The van der Waals surface area contributed by atoms with Gasteiger partial charge in [-0.25, -0.2) is 0 Å². The molecule has 1 atom stereocenters. The summed E-state index contributed by atoms with van der Waals surface area (Å²) in [6.45, 7) is 5.39. The lowest BCUT2D eigenvalue weighted by Gasteiger charge is -2.24. The van der Waals surface area contributed by atoms with Crippen molar-refractivity contribution in [3.05, 3.63) is 0 Å². The number of carbonyl (C=O) groups excluding carboxylic acids is 2. The first kappa shape index (κ1) is 13.3. The molecule has 0 radical (unpaired) electrons. The number of carbonyl (C=O) groups is 2. The summed E-state index contributed by atoms with van der Waals surface area (Å²) in [5, 5.41) is 0. The van der Waals surface area contributed by atoms with E-state index in [1.165, 1.54) is 0 Å². The Morgan fingerprint density at radius 1 is 1.11 bits per heavy atom. The highest BCUT2D eigenvalue weighted by Gasteiger charge is 2.29. The fourth-order valence-corrected chi connectivity index (χ4v) is 2.59. The molecule has 2 fully saturated rings. The first-order valence-corrected chi connectivity index (χ1v) is 6.90. The number of nitrogens with zero attached hydrogens (tertiary/aromatic N) is 2. The molecule has 0 N–H and O–H groups in total. The third-order valence-electron chi connectivity index (χ3n) is 3.67. The van der Waals surface area contributed by atoms with Crippen LogP contribution >= 0.6 is 0 Å². The van der Waals surface area contributed by atoms with Crippen molar-refractivity contribution in [2.45, 2.75) is 38.7 Å². The molecule has 2 amide bonds. The quantitative estimate of drug-likeness (QED) is 0.726. The SMILES string of the molecule is CCC(=O)N1CCCN(C(=O)C2CCCO2)CC1. The predicted molar refractivity (Wildman–Crippen MR) is 67.0 cm³/mol. The van der Waals surface area contributed by atoms with Crippen LogP contribution in [0, 0.1) is 0 Å². The first-order chi connectivity index (χ1) is 8.72. The molecular formula is C13H22N2O3. The van der Waals surface area contributed by atoms with Crippen LogP contribution < -0.4 is 0 Å². The fourth-order valence-electron chi connectivity index (χ4n) is 2.59. The molecule has 2 rings (SSSR count). The van der Waals surface area contributed by atoms with Crippen molar-refractivity contribution in [1.82, 2.24) is 9.80 Å².